The zero-order chi connectivity index (χ0) is 28.9. The monoisotopic (exact) mass is 561 g/mol. The Morgan fingerprint density at radius 1 is 0.810 bits per heavy atom. The topological polar surface area (TPSA) is 77.4 Å². The highest BCUT2D eigenvalue weighted by Gasteiger charge is 2.21. The van der Waals surface area contributed by atoms with Crippen molar-refractivity contribution in [2.24, 2.45) is 0 Å². The van der Waals surface area contributed by atoms with Gasteiger partial charge in [0, 0.05) is 5.56 Å². The van der Waals surface area contributed by atoms with Gasteiger partial charge < -0.3 is 14.6 Å². The molecule has 6 nitrogen and oxygen atoms in total. The highest BCUT2D eigenvalue weighted by Crippen LogP contribution is 2.33. The molecule has 1 aromatic heterocycles. The number of aromatic nitrogens is 3. The van der Waals surface area contributed by atoms with Gasteiger partial charge in [-0.2, -0.15) is 9.97 Å². The summed E-state index contributed by atoms with van der Waals surface area (Å²) in [6.45, 7) is 4.81. The first-order valence-electron chi connectivity index (χ1n) is 15.4. The number of rotatable bonds is 11. The maximum Gasteiger partial charge on any atom is 0.320 e. The summed E-state index contributed by atoms with van der Waals surface area (Å²) < 4.78 is 12.4. The van der Waals surface area contributed by atoms with E-state index < -0.39 is 0 Å². The van der Waals surface area contributed by atoms with Gasteiger partial charge in [-0.1, -0.05) is 69.2 Å². The summed E-state index contributed by atoms with van der Waals surface area (Å²) >= 11 is 0. The molecule has 0 radical (unpaired) electrons. The third-order valence-corrected chi connectivity index (χ3v) is 8.28. The quantitative estimate of drug-likeness (QED) is 0.162. The molecule has 5 aromatic rings. The summed E-state index contributed by atoms with van der Waals surface area (Å²) in [5.74, 6) is 1.04. The van der Waals surface area contributed by atoms with Gasteiger partial charge in [-0.05, 0) is 96.0 Å². The molecular weight excluding hydrogens is 522 g/mol. The normalized spacial score (nSPS) is 14.5. The van der Waals surface area contributed by atoms with Gasteiger partial charge in [-0.15, -0.1) is 0 Å². The van der Waals surface area contributed by atoms with Gasteiger partial charge in [-0.3, -0.25) is 0 Å². The van der Waals surface area contributed by atoms with Crippen molar-refractivity contribution in [1.82, 2.24) is 15.0 Å². The molecule has 0 bridgehead atoms. The van der Waals surface area contributed by atoms with Crippen LogP contribution in [0.15, 0.2) is 72.8 Å². The van der Waals surface area contributed by atoms with Crippen molar-refractivity contribution in [2.45, 2.75) is 84.0 Å². The third-order valence-electron chi connectivity index (χ3n) is 8.28. The maximum atomic E-state index is 11.1. The van der Waals surface area contributed by atoms with Crippen molar-refractivity contribution in [1.29, 1.82) is 0 Å². The van der Waals surface area contributed by atoms with Gasteiger partial charge in [0.1, 0.15) is 11.9 Å². The Hall–Kier alpha value is -4.03. The molecule has 6 heteroatoms. The Bertz CT molecular complexity index is 1680. The minimum atomic E-state index is 0.100. The Balaban J connectivity index is 1.33. The van der Waals surface area contributed by atoms with Crippen molar-refractivity contribution in [3.05, 3.63) is 78.4 Å². The Labute approximate surface area is 247 Å². The molecule has 216 valence electrons. The summed E-state index contributed by atoms with van der Waals surface area (Å²) in [6, 6.07) is 24.9. The van der Waals surface area contributed by atoms with Gasteiger partial charge in [0.2, 0.25) is 0 Å². The highest BCUT2D eigenvalue weighted by molar-refractivity contribution is 5.99. The number of aromatic hydroxyl groups is 1. The van der Waals surface area contributed by atoms with Crippen molar-refractivity contribution in [3.8, 4) is 34.5 Å². The number of nitrogens with zero attached hydrogens (tertiary/aromatic N) is 3. The molecule has 1 N–H and O–H groups in total. The van der Waals surface area contributed by atoms with E-state index in [2.05, 4.69) is 67.4 Å². The van der Waals surface area contributed by atoms with Crippen molar-refractivity contribution >= 4 is 21.5 Å². The second-order valence-electron chi connectivity index (χ2n) is 11.4. The van der Waals surface area contributed by atoms with E-state index in [4.69, 9.17) is 19.4 Å². The molecule has 4 aromatic carbocycles. The summed E-state index contributed by atoms with van der Waals surface area (Å²) in [5.41, 5.74) is 2.34. The molecule has 0 amide bonds. The van der Waals surface area contributed by atoms with E-state index in [0.29, 0.717) is 29.8 Å². The lowest BCUT2D eigenvalue weighted by Gasteiger charge is -2.16. The van der Waals surface area contributed by atoms with Crippen LogP contribution in [0, 0.1) is 0 Å². The van der Waals surface area contributed by atoms with Crippen LogP contribution in [0.5, 0.6) is 11.8 Å². The van der Waals surface area contributed by atoms with E-state index in [1.165, 1.54) is 10.8 Å². The average molecular weight is 562 g/mol. The van der Waals surface area contributed by atoms with Gasteiger partial charge in [0.25, 0.3) is 0 Å². The molecule has 1 saturated carbocycles. The van der Waals surface area contributed by atoms with E-state index in [1.807, 2.05) is 18.2 Å². The molecule has 0 saturated heterocycles. The largest absolute Gasteiger partial charge is 0.507 e. The fourth-order valence-corrected chi connectivity index (χ4v) is 5.80. The zero-order valence-electron chi connectivity index (χ0n) is 24.6. The first kappa shape index (κ1) is 28.1. The standard InChI is InChI=1S/C36H39N3O3/c1-3-5-12-30(4-2)41-23-24-15-18-32(33(40)19-24)35-37-34(38-36(39-35)42-31-13-8-9-14-31)28-17-16-27-20-25-10-6-7-11-26(25)21-29(27)22-28/h6-7,10-11,15-22,30-31,40H,3-5,8-9,12-14,23H2,1-2H3. The SMILES string of the molecule is CCCCC(CC)OCc1ccc(-c2nc(OC3CCCC3)nc(-c3ccc4cc5ccccc5cc4c3)n2)c(O)c1. The number of ether oxygens (including phenoxy) is 2. The van der Waals surface area contributed by atoms with Gasteiger partial charge in [0.15, 0.2) is 11.6 Å². The average Bonchev–Trinajstić information content (AvgIpc) is 3.52. The lowest BCUT2D eigenvalue weighted by molar-refractivity contribution is 0.0312. The predicted molar refractivity (Wildman–Crippen MR) is 169 cm³/mol. The van der Waals surface area contributed by atoms with Crippen LogP contribution in [-0.4, -0.2) is 32.3 Å². The number of fused-ring (bicyclic) bond motifs is 2. The first-order chi connectivity index (χ1) is 20.6. The van der Waals surface area contributed by atoms with E-state index in [1.54, 1.807) is 6.07 Å². The van der Waals surface area contributed by atoms with Gasteiger partial charge >= 0.3 is 6.01 Å². The van der Waals surface area contributed by atoms with Gasteiger partial charge in [-0.25, -0.2) is 4.98 Å². The van der Waals surface area contributed by atoms with Crippen LogP contribution < -0.4 is 4.74 Å². The van der Waals surface area contributed by atoms with Crippen LogP contribution in [0.1, 0.15) is 70.8 Å². The van der Waals surface area contributed by atoms with Crippen LogP contribution in [-0.2, 0) is 11.3 Å². The van der Waals surface area contributed by atoms with Crippen molar-refractivity contribution in [2.75, 3.05) is 0 Å². The number of phenolic OH excluding ortho intramolecular Hbond substituents is 1. The molecule has 1 heterocycles. The smallest absolute Gasteiger partial charge is 0.320 e. The molecule has 1 aliphatic carbocycles. The van der Waals surface area contributed by atoms with Crippen molar-refractivity contribution in [3.63, 3.8) is 0 Å². The number of benzene rings is 4. The van der Waals surface area contributed by atoms with E-state index >= 15 is 0 Å². The number of hydrogen-bond donors (Lipinski definition) is 1. The Morgan fingerprint density at radius 3 is 2.29 bits per heavy atom. The molecule has 1 fully saturated rings. The zero-order valence-corrected chi connectivity index (χ0v) is 24.6. The predicted octanol–water partition coefficient (Wildman–Crippen LogP) is 9.02. The Morgan fingerprint density at radius 2 is 1.55 bits per heavy atom. The van der Waals surface area contributed by atoms with Crippen LogP contribution in [0.2, 0.25) is 0 Å². The van der Waals surface area contributed by atoms with E-state index in [9.17, 15) is 5.11 Å². The summed E-state index contributed by atoms with van der Waals surface area (Å²) in [6.07, 6.45) is 8.97. The molecule has 42 heavy (non-hydrogen) atoms. The number of hydrogen-bond acceptors (Lipinski definition) is 6. The number of unbranched alkanes of at least 4 members (excludes halogenated alkanes) is 1. The molecular formula is C36H39N3O3. The molecule has 0 spiro atoms. The van der Waals surface area contributed by atoms with Gasteiger partial charge in [0.05, 0.1) is 18.3 Å². The summed E-state index contributed by atoms with van der Waals surface area (Å²) in [5, 5.41) is 15.8. The lowest BCUT2D eigenvalue weighted by atomic mass is 10.0. The first-order valence-corrected chi connectivity index (χ1v) is 15.4. The molecule has 6 rings (SSSR count). The molecule has 1 aliphatic rings. The fourth-order valence-electron chi connectivity index (χ4n) is 5.80. The van der Waals surface area contributed by atoms with Crippen molar-refractivity contribution < 1.29 is 14.6 Å². The van der Waals surface area contributed by atoms with Crippen LogP contribution in [0.4, 0.5) is 0 Å². The minimum Gasteiger partial charge on any atom is -0.507 e. The third kappa shape index (κ3) is 6.39. The maximum absolute atomic E-state index is 11.1. The highest BCUT2D eigenvalue weighted by atomic mass is 16.5. The molecule has 0 aliphatic heterocycles. The van der Waals surface area contributed by atoms with E-state index in [0.717, 1.165) is 73.3 Å². The molecule has 1 atom stereocenters. The number of phenols is 1. The fraction of sp³-hybridized carbons (Fsp3) is 0.361. The van der Waals surface area contributed by atoms with Crippen LogP contribution in [0.25, 0.3) is 44.3 Å². The summed E-state index contributed by atoms with van der Waals surface area (Å²) in [7, 11) is 0. The van der Waals surface area contributed by atoms with Crippen LogP contribution in [0.3, 0.4) is 0 Å². The second kappa shape index (κ2) is 12.9. The Kier molecular flexibility index (Phi) is 8.61. The molecule has 1 unspecified atom stereocenters. The van der Waals surface area contributed by atoms with Crippen LogP contribution >= 0.6 is 0 Å². The minimum absolute atomic E-state index is 0.100. The lowest BCUT2D eigenvalue weighted by Crippen LogP contribution is -2.14. The second-order valence-corrected chi connectivity index (χ2v) is 11.4. The summed E-state index contributed by atoms with van der Waals surface area (Å²) in [4.78, 5) is 14.3. The van der Waals surface area contributed by atoms with E-state index in [-0.39, 0.29) is 18.0 Å².